The molecule has 3 aromatic rings. The first-order valence-electron chi connectivity index (χ1n) is 13.4. The monoisotopic (exact) mass is 514 g/mol. The summed E-state index contributed by atoms with van der Waals surface area (Å²) in [6.07, 6.45) is 11.1. The third kappa shape index (κ3) is 5.83. The van der Waals surface area contributed by atoms with Crippen molar-refractivity contribution in [2.45, 2.75) is 75.0 Å². The molecular weight excluding hydrogens is 476 g/mol. The molecule has 2 fully saturated rings. The van der Waals surface area contributed by atoms with E-state index >= 15 is 0 Å². The maximum atomic E-state index is 9.44. The first-order valence-corrected chi connectivity index (χ1v) is 13.4. The van der Waals surface area contributed by atoms with Crippen LogP contribution in [0.3, 0.4) is 0 Å². The zero-order valence-corrected chi connectivity index (χ0v) is 22.4. The third-order valence-electron chi connectivity index (χ3n) is 8.01. The number of hydrogen-bond acceptors (Lipinski definition) is 8. The van der Waals surface area contributed by atoms with Crippen molar-refractivity contribution >= 4 is 11.9 Å². The maximum Gasteiger partial charge on any atom is 0.225 e. The fourth-order valence-electron chi connectivity index (χ4n) is 5.86. The van der Waals surface area contributed by atoms with Crippen molar-refractivity contribution < 1.29 is 9.47 Å². The van der Waals surface area contributed by atoms with Crippen LogP contribution in [0.4, 0.5) is 11.9 Å². The van der Waals surface area contributed by atoms with Crippen molar-refractivity contribution in [3.8, 4) is 17.6 Å². The van der Waals surface area contributed by atoms with Crippen molar-refractivity contribution in [1.82, 2.24) is 15.0 Å². The summed E-state index contributed by atoms with van der Waals surface area (Å²) >= 11 is 0. The van der Waals surface area contributed by atoms with E-state index < -0.39 is 0 Å². The third-order valence-corrected chi connectivity index (χ3v) is 8.01. The standard InChI is InChI=1S/C16H21N5O.C14H17NO/c1-22-12-7-5-11(6-8-12)16(9-3-2-4-10-16)13-19-14(17)21-15(18)20-13;1-16-13-7-5-12(6-8-13)14(11-15)9-3-2-4-10-14/h5-8H,2-4,9-10H2,1H3,(H4,17,18,19,20,21);5-8H,2-4,9-10H2,1H3. The van der Waals surface area contributed by atoms with E-state index in [2.05, 4.69) is 33.2 Å². The molecule has 4 N–H and O–H groups in total. The molecule has 0 atom stereocenters. The summed E-state index contributed by atoms with van der Waals surface area (Å²) in [6, 6.07) is 18.6. The maximum absolute atomic E-state index is 9.44. The molecule has 5 rings (SSSR count). The summed E-state index contributed by atoms with van der Waals surface area (Å²) in [7, 11) is 3.33. The zero-order valence-electron chi connectivity index (χ0n) is 22.4. The number of hydrogen-bond donors (Lipinski definition) is 2. The van der Waals surface area contributed by atoms with Crippen LogP contribution in [0.25, 0.3) is 0 Å². The lowest BCUT2D eigenvalue weighted by Gasteiger charge is -2.36. The first kappa shape index (κ1) is 27.2. The normalized spacial score (nSPS) is 17.8. The van der Waals surface area contributed by atoms with E-state index in [0.29, 0.717) is 5.82 Å². The molecule has 0 unspecified atom stereocenters. The lowest BCUT2D eigenvalue weighted by molar-refractivity contribution is 0.329. The van der Waals surface area contributed by atoms with Crippen molar-refractivity contribution in [3.05, 3.63) is 65.5 Å². The number of aromatic nitrogens is 3. The molecule has 38 heavy (non-hydrogen) atoms. The molecular formula is C30H38N6O2. The molecule has 0 spiro atoms. The smallest absolute Gasteiger partial charge is 0.225 e. The predicted molar refractivity (Wildman–Crippen MR) is 149 cm³/mol. The second kappa shape index (κ2) is 12.1. The second-order valence-corrected chi connectivity index (χ2v) is 10.2. The molecule has 0 aliphatic heterocycles. The van der Waals surface area contributed by atoms with E-state index in [-0.39, 0.29) is 22.7 Å². The molecule has 0 bridgehead atoms. The van der Waals surface area contributed by atoms with E-state index in [9.17, 15) is 5.26 Å². The number of anilines is 2. The summed E-state index contributed by atoms with van der Waals surface area (Å²) in [6.45, 7) is 0. The van der Waals surface area contributed by atoms with Crippen LogP contribution in [0.2, 0.25) is 0 Å². The highest BCUT2D eigenvalue weighted by atomic mass is 16.5. The number of nitrogen functional groups attached to an aromatic ring is 2. The number of benzene rings is 2. The molecule has 1 heterocycles. The Bertz CT molecular complexity index is 1200. The van der Waals surface area contributed by atoms with Gasteiger partial charge < -0.3 is 20.9 Å². The molecule has 0 amide bonds. The Hall–Kier alpha value is -3.86. The topological polar surface area (TPSA) is 133 Å². The van der Waals surface area contributed by atoms with E-state index in [1.54, 1.807) is 14.2 Å². The molecule has 8 heteroatoms. The summed E-state index contributed by atoms with van der Waals surface area (Å²) in [5, 5.41) is 9.44. The van der Waals surface area contributed by atoms with Gasteiger partial charge >= 0.3 is 0 Å². The van der Waals surface area contributed by atoms with E-state index in [0.717, 1.165) is 55.6 Å². The van der Waals surface area contributed by atoms with Crippen LogP contribution in [0.1, 0.15) is 81.2 Å². The Morgan fingerprint density at radius 2 is 1.11 bits per heavy atom. The Morgan fingerprint density at radius 1 is 0.658 bits per heavy atom. The molecule has 2 aliphatic rings. The highest BCUT2D eigenvalue weighted by molar-refractivity contribution is 5.40. The Kier molecular flexibility index (Phi) is 8.67. The second-order valence-electron chi connectivity index (χ2n) is 10.2. The molecule has 200 valence electrons. The first-order chi connectivity index (χ1) is 18.4. The molecule has 2 aromatic carbocycles. The van der Waals surface area contributed by atoms with Crippen molar-refractivity contribution in [3.63, 3.8) is 0 Å². The average Bonchev–Trinajstić information content (AvgIpc) is 2.98. The van der Waals surface area contributed by atoms with Gasteiger partial charge in [0.1, 0.15) is 17.3 Å². The molecule has 8 nitrogen and oxygen atoms in total. The number of ether oxygens (including phenoxy) is 2. The molecule has 2 saturated carbocycles. The highest BCUT2D eigenvalue weighted by Gasteiger charge is 2.39. The fourth-order valence-corrected chi connectivity index (χ4v) is 5.86. The summed E-state index contributed by atoms with van der Waals surface area (Å²) in [4.78, 5) is 12.7. The van der Waals surface area contributed by atoms with Crippen LogP contribution in [-0.2, 0) is 10.8 Å². The van der Waals surface area contributed by atoms with Crippen LogP contribution in [0, 0.1) is 11.3 Å². The van der Waals surface area contributed by atoms with Crippen LogP contribution in [-0.4, -0.2) is 29.2 Å². The average molecular weight is 515 g/mol. The molecule has 2 aliphatic carbocycles. The van der Waals surface area contributed by atoms with Gasteiger partial charge in [-0.05, 0) is 61.1 Å². The SMILES string of the molecule is COc1ccc(C2(C#N)CCCCC2)cc1.COc1ccc(C2(c3nc(N)nc(N)n3)CCCCC2)cc1. The van der Waals surface area contributed by atoms with Gasteiger partial charge in [0.05, 0.1) is 31.1 Å². The van der Waals surface area contributed by atoms with Gasteiger partial charge in [0.25, 0.3) is 0 Å². The van der Waals surface area contributed by atoms with E-state index in [1.807, 2.05) is 36.4 Å². The number of methoxy groups -OCH3 is 2. The Morgan fingerprint density at radius 3 is 1.55 bits per heavy atom. The predicted octanol–water partition coefficient (Wildman–Crippen LogP) is 5.72. The van der Waals surface area contributed by atoms with Gasteiger partial charge in [0.15, 0.2) is 0 Å². The van der Waals surface area contributed by atoms with Gasteiger partial charge in [0, 0.05) is 0 Å². The number of nitriles is 1. The van der Waals surface area contributed by atoms with Crippen molar-refractivity contribution in [1.29, 1.82) is 5.26 Å². The van der Waals surface area contributed by atoms with E-state index in [1.165, 1.54) is 31.2 Å². The zero-order chi connectivity index (χ0) is 27.0. The summed E-state index contributed by atoms with van der Waals surface area (Å²) in [5.74, 6) is 2.74. The summed E-state index contributed by atoms with van der Waals surface area (Å²) in [5.41, 5.74) is 13.4. The lowest BCUT2D eigenvalue weighted by Crippen LogP contribution is -2.33. The summed E-state index contributed by atoms with van der Waals surface area (Å²) < 4.78 is 10.4. The van der Waals surface area contributed by atoms with Gasteiger partial charge in [-0.1, -0.05) is 62.8 Å². The largest absolute Gasteiger partial charge is 0.497 e. The molecule has 0 radical (unpaired) electrons. The molecule has 1 aromatic heterocycles. The quantitative estimate of drug-likeness (QED) is 0.442. The van der Waals surface area contributed by atoms with Crippen LogP contribution in [0.15, 0.2) is 48.5 Å². The van der Waals surface area contributed by atoms with Crippen molar-refractivity contribution in [2.24, 2.45) is 0 Å². The minimum absolute atomic E-state index is 0.181. The number of rotatable bonds is 5. The fraction of sp³-hybridized carbons (Fsp3) is 0.467. The minimum atomic E-state index is -0.246. The van der Waals surface area contributed by atoms with Gasteiger partial charge in [-0.3, -0.25) is 0 Å². The minimum Gasteiger partial charge on any atom is -0.497 e. The highest BCUT2D eigenvalue weighted by Crippen LogP contribution is 2.44. The van der Waals surface area contributed by atoms with Gasteiger partial charge in [0.2, 0.25) is 11.9 Å². The number of nitrogens with zero attached hydrogens (tertiary/aromatic N) is 4. The molecule has 0 saturated heterocycles. The number of nitrogens with two attached hydrogens (primary N) is 2. The van der Waals surface area contributed by atoms with Gasteiger partial charge in [-0.25, -0.2) is 0 Å². The van der Waals surface area contributed by atoms with Crippen LogP contribution < -0.4 is 20.9 Å². The van der Waals surface area contributed by atoms with Crippen molar-refractivity contribution in [2.75, 3.05) is 25.7 Å². The Labute approximate surface area is 225 Å². The van der Waals surface area contributed by atoms with Crippen LogP contribution >= 0.6 is 0 Å². The lowest BCUT2D eigenvalue weighted by atomic mass is 9.69. The van der Waals surface area contributed by atoms with Gasteiger partial charge in [-0.15, -0.1) is 0 Å². The van der Waals surface area contributed by atoms with Gasteiger partial charge in [-0.2, -0.15) is 20.2 Å². The van der Waals surface area contributed by atoms with E-state index in [4.69, 9.17) is 20.9 Å². The van der Waals surface area contributed by atoms with Crippen LogP contribution in [0.5, 0.6) is 11.5 Å². The Balaban J connectivity index is 0.000000186.